The summed E-state index contributed by atoms with van der Waals surface area (Å²) in [5.74, 6) is 0.327. The van der Waals surface area contributed by atoms with E-state index in [9.17, 15) is 18.0 Å². The SMILES string of the molecule is CC(C)S(=O)(=O)CCCCCC(=O)Cc1ccc2c(c1)C(=O)c1ccccc1-2. The zero-order valence-corrected chi connectivity index (χ0v) is 17.2. The molecule has 0 spiro atoms. The zero-order valence-electron chi connectivity index (χ0n) is 16.4. The first-order valence-electron chi connectivity index (χ1n) is 9.80. The predicted molar refractivity (Wildman–Crippen MR) is 111 cm³/mol. The maximum Gasteiger partial charge on any atom is 0.194 e. The van der Waals surface area contributed by atoms with Gasteiger partial charge < -0.3 is 0 Å². The minimum Gasteiger partial charge on any atom is -0.299 e. The molecule has 1 aliphatic rings. The summed E-state index contributed by atoms with van der Waals surface area (Å²) in [5, 5.41) is -0.345. The molecule has 1 aliphatic carbocycles. The van der Waals surface area contributed by atoms with Crippen molar-refractivity contribution in [2.24, 2.45) is 0 Å². The van der Waals surface area contributed by atoms with Crippen molar-refractivity contribution in [3.63, 3.8) is 0 Å². The molecule has 0 saturated carbocycles. The van der Waals surface area contributed by atoms with Gasteiger partial charge in [-0.1, -0.05) is 42.8 Å². The lowest BCUT2D eigenvalue weighted by Gasteiger charge is -2.07. The van der Waals surface area contributed by atoms with Gasteiger partial charge in [-0.25, -0.2) is 8.42 Å². The molecular formula is C23H26O4S. The molecule has 0 aliphatic heterocycles. The van der Waals surface area contributed by atoms with Crippen molar-refractivity contribution in [3.05, 3.63) is 59.2 Å². The second kappa shape index (κ2) is 8.39. The molecular weight excluding hydrogens is 372 g/mol. The van der Waals surface area contributed by atoms with Crippen LogP contribution >= 0.6 is 0 Å². The lowest BCUT2D eigenvalue weighted by Crippen LogP contribution is -2.17. The summed E-state index contributed by atoms with van der Waals surface area (Å²) < 4.78 is 23.6. The predicted octanol–water partition coefficient (Wildman–Crippen LogP) is 4.39. The second-order valence-corrected chi connectivity index (χ2v) is 10.4. The zero-order chi connectivity index (χ0) is 20.3. The molecule has 0 heterocycles. The average Bonchev–Trinajstić information content (AvgIpc) is 2.94. The Morgan fingerprint density at radius 2 is 1.57 bits per heavy atom. The highest BCUT2D eigenvalue weighted by Gasteiger charge is 2.26. The minimum atomic E-state index is -3.00. The van der Waals surface area contributed by atoms with Crippen molar-refractivity contribution < 1.29 is 18.0 Å². The highest BCUT2D eigenvalue weighted by Crippen LogP contribution is 2.36. The number of hydrogen-bond acceptors (Lipinski definition) is 4. The van der Waals surface area contributed by atoms with E-state index >= 15 is 0 Å². The van der Waals surface area contributed by atoms with Crippen molar-refractivity contribution in [2.75, 3.05) is 5.75 Å². The number of unbranched alkanes of at least 4 members (excludes halogenated alkanes) is 2. The van der Waals surface area contributed by atoms with Gasteiger partial charge in [-0.05, 0) is 49.4 Å². The first-order valence-corrected chi connectivity index (χ1v) is 11.5. The van der Waals surface area contributed by atoms with Gasteiger partial charge in [-0.3, -0.25) is 9.59 Å². The summed E-state index contributed by atoms with van der Waals surface area (Å²) in [6.07, 6.45) is 2.77. The fourth-order valence-electron chi connectivity index (χ4n) is 3.54. The summed E-state index contributed by atoms with van der Waals surface area (Å²) in [7, 11) is -3.00. The van der Waals surface area contributed by atoms with Crippen LogP contribution in [0, 0.1) is 0 Å². The molecule has 3 rings (SSSR count). The van der Waals surface area contributed by atoms with Crippen LogP contribution in [-0.2, 0) is 21.1 Å². The molecule has 0 radical (unpaired) electrons. The topological polar surface area (TPSA) is 68.3 Å². The van der Waals surface area contributed by atoms with E-state index in [1.807, 2.05) is 42.5 Å². The number of ketones is 2. The number of Topliss-reactive ketones (excluding diaryl/α,β-unsaturated/α-hetero) is 1. The lowest BCUT2D eigenvalue weighted by atomic mass is 9.99. The summed E-state index contributed by atoms with van der Waals surface area (Å²) >= 11 is 0. The highest BCUT2D eigenvalue weighted by atomic mass is 32.2. The van der Waals surface area contributed by atoms with E-state index in [1.54, 1.807) is 13.8 Å². The molecule has 0 atom stereocenters. The first kappa shape index (κ1) is 20.5. The standard InChI is InChI=1S/C23H26O4S/c1-16(2)28(26,27)13-7-3-4-8-18(24)14-17-11-12-20-19-9-5-6-10-21(19)23(25)22(20)15-17/h5-6,9-12,15-16H,3-4,7-8,13-14H2,1-2H3. The van der Waals surface area contributed by atoms with Crippen LogP contribution in [-0.4, -0.2) is 31.0 Å². The van der Waals surface area contributed by atoms with Gasteiger partial charge in [0.1, 0.15) is 5.78 Å². The fourth-order valence-corrected chi connectivity index (χ4v) is 4.62. The van der Waals surface area contributed by atoms with Crippen LogP contribution < -0.4 is 0 Å². The molecule has 0 fully saturated rings. The molecule has 0 saturated heterocycles. The van der Waals surface area contributed by atoms with Crippen molar-refractivity contribution in [1.82, 2.24) is 0 Å². The largest absolute Gasteiger partial charge is 0.299 e. The molecule has 2 aromatic rings. The van der Waals surface area contributed by atoms with Crippen LogP contribution in [0.3, 0.4) is 0 Å². The molecule has 0 N–H and O–H groups in total. The Balaban J connectivity index is 1.52. The van der Waals surface area contributed by atoms with E-state index in [1.165, 1.54) is 0 Å². The van der Waals surface area contributed by atoms with Crippen LogP contribution in [0.15, 0.2) is 42.5 Å². The van der Waals surface area contributed by atoms with Crippen LogP contribution in [0.5, 0.6) is 0 Å². The van der Waals surface area contributed by atoms with Crippen LogP contribution in [0.1, 0.15) is 61.0 Å². The molecule has 4 nitrogen and oxygen atoms in total. The Kier molecular flexibility index (Phi) is 6.14. The lowest BCUT2D eigenvalue weighted by molar-refractivity contribution is -0.118. The van der Waals surface area contributed by atoms with E-state index < -0.39 is 9.84 Å². The first-order chi connectivity index (χ1) is 13.3. The number of rotatable bonds is 9. The summed E-state index contributed by atoms with van der Waals surface area (Å²) in [6, 6.07) is 13.3. The van der Waals surface area contributed by atoms with Gasteiger partial charge in [0.25, 0.3) is 0 Å². The highest BCUT2D eigenvalue weighted by molar-refractivity contribution is 7.91. The third kappa shape index (κ3) is 4.41. The van der Waals surface area contributed by atoms with Gasteiger partial charge >= 0.3 is 0 Å². The number of carbonyl (C=O) groups excluding carboxylic acids is 2. The van der Waals surface area contributed by atoms with Gasteiger partial charge in [0.2, 0.25) is 0 Å². The number of hydrogen-bond donors (Lipinski definition) is 0. The molecule has 0 unspecified atom stereocenters. The van der Waals surface area contributed by atoms with E-state index in [0.717, 1.165) is 28.7 Å². The monoisotopic (exact) mass is 398 g/mol. The second-order valence-electron chi connectivity index (χ2n) is 7.70. The van der Waals surface area contributed by atoms with Gasteiger partial charge in [-0.2, -0.15) is 0 Å². The van der Waals surface area contributed by atoms with E-state index in [4.69, 9.17) is 0 Å². The molecule has 5 heteroatoms. The average molecular weight is 399 g/mol. The number of carbonyl (C=O) groups is 2. The van der Waals surface area contributed by atoms with Gasteiger partial charge in [0, 0.05) is 24.0 Å². The molecule has 0 bridgehead atoms. The van der Waals surface area contributed by atoms with Gasteiger partial charge in [-0.15, -0.1) is 0 Å². The molecule has 0 aromatic heterocycles. The maximum atomic E-state index is 12.6. The van der Waals surface area contributed by atoms with Crippen molar-refractivity contribution in [2.45, 2.75) is 51.2 Å². The fraction of sp³-hybridized carbons (Fsp3) is 0.391. The summed E-state index contributed by atoms with van der Waals surface area (Å²) in [5.41, 5.74) is 4.13. The van der Waals surface area contributed by atoms with Gasteiger partial charge in [0.15, 0.2) is 15.6 Å². The van der Waals surface area contributed by atoms with Gasteiger partial charge in [0.05, 0.1) is 11.0 Å². The van der Waals surface area contributed by atoms with Crippen molar-refractivity contribution in [1.29, 1.82) is 0 Å². The molecule has 2 aromatic carbocycles. The van der Waals surface area contributed by atoms with Crippen LogP contribution in [0.2, 0.25) is 0 Å². The summed E-state index contributed by atoms with van der Waals surface area (Å²) in [4.78, 5) is 24.8. The van der Waals surface area contributed by atoms with Crippen molar-refractivity contribution in [3.8, 4) is 11.1 Å². The number of sulfone groups is 1. The normalized spacial score (nSPS) is 12.9. The Labute approximate surface area is 166 Å². The Morgan fingerprint density at radius 3 is 2.29 bits per heavy atom. The van der Waals surface area contributed by atoms with E-state index in [2.05, 4.69) is 0 Å². The minimum absolute atomic E-state index is 0.0197. The van der Waals surface area contributed by atoms with E-state index in [-0.39, 0.29) is 22.6 Å². The molecule has 148 valence electrons. The molecule has 0 amide bonds. The Hall–Kier alpha value is -2.27. The van der Waals surface area contributed by atoms with Crippen molar-refractivity contribution >= 4 is 21.4 Å². The molecule has 28 heavy (non-hydrogen) atoms. The maximum absolute atomic E-state index is 12.6. The third-order valence-corrected chi connectivity index (χ3v) is 7.59. The quantitative estimate of drug-likeness (QED) is 0.501. The Bertz CT molecular complexity index is 1000. The van der Waals surface area contributed by atoms with Crippen LogP contribution in [0.4, 0.5) is 0 Å². The smallest absolute Gasteiger partial charge is 0.194 e. The van der Waals surface area contributed by atoms with E-state index in [0.29, 0.717) is 31.2 Å². The number of fused-ring (bicyclic) bond motifs is 3. The van der Waals surface area contributed by atoms with Crippen LogP contribution in [0.25, 0.3) is 11.1 Å². The third-order valence-electron chi connectivity index (χ3n) is 5.29. The number of benzene rings is 2. The summed E-state index contributed by atoms with van der Waals surface area (Å²) in [6.45, 7) is 3.39. The Morgan fingerprint density at radius 1 is 0.893 bits per heavy atom.